The lowest BCUT2D eigenvalue weighted by molar-refractivity contribution is -0.703. The minimum atomic E-state index is 1.03. The van der Waals surface area contributed by atoms with Crippen LogP contribution in [0.2, 0.25) is 0 Å². The number of aromatic nitrogens is 2. The molecule has 2 aromatic rings. The Morgan fingerprint density at radius 2 is 1.64 bits per heavy atom. The van der Waals surface area contributed by atoms with Gasteiger partial charge in [0.05, 0.1) is 19.5 Å². The summed E-state index contributed by atoms with van der Waals surface area (Å²) in [7, 11) is 0. The molecule has 0 spiro atoms. The van der Waals surface area contributed by atoms with E-state index < -0.39 is 0 Å². The van der Waals surface area contributed by atoms with Gasteiger partial charge in [-0.15, -0.1) is 0 Å². The van der Waals surface area contributed by atoms with Crippen LogP contribution in [-0.4, -0.2) is 4.57 Å². The molecule has 0 aliphatic heterocycles. The quantitative estimate of drug-likeness (QED) is 0.442. The molecule has 0 aliphatic carbocycles. The molecular weight excluding hydrogens is 268 g/mol. The van der Waals surface area contributed by atoms with E-state index >= 15 is 0 Å². The van der Waals surface area contributed by atoms with Crippen molar-refractivity contribution in [3.63, 3.8) is 0 Å². The maximum atomic E-state index is 2.45. The summed E-state index contributed by atoms with van der Waals surface area (Å²) in [6, 6.07) is 10.8. The molecule has 0 aliphatic rings. The molecule has 2 rings (SSSR count). The highest BCUT2D eigenvalue weighted by molar-refractivity contribution is 5.18. The normalized spacial score (nSPS) is 11.0. The summed E-state index contributed by atoms with van der Waals surface area (Å²) in [5, 5.41) is 0. The van der Waals surface area contributed by atoms with Crippen molar-refractivity contribution in [1.29, 1.82) is 0 Å². The van der Waals surface area contributed by atoms with Crippen LogP contribution in [0.25, 0.3) is 0 Å². The van der Waals surface area contributed by atoms with E-state index in [1.165, 1.54) is 49.9 Å². The summed E-state index contributed by atoms with van der Waals surface area (Å²) >= 11 is 0. The van der Waals surface area contributed by atoms with Gasteiger partial charge in [0.15, 0.2) is 0 Å². The van der Waals surface area contributed by atoms with E-state index in [0.717, 1.165) is 19.5 Å². The number of benzene rings is 1. The van der Waals surface area contributed by atoms with Crippen molar-refractivity contribution in [1.82, 2.24) is 4.57 Å². The standard InChI is InChI=1S/C20H31N2/c1-3-5-6-7-8-12-15-22-17-16-21(4-2)20(22)18-19-13-10-9-11-14-19/h9-11,13-14,16-17H,3-8,12,15,18H2,1-2H3/q+1. The first-order chi connectivity index (χ1) is 10.8. The molecule has 0 atom stereocenters. The van der Waals surface area contributed by atoms with Gasteiger partial charge in [-0.2, -0.15) is 0 Å². The third-order valence-electron chi connectivity index (χ3n) is 4.39. The van der Waals surface area contributed by atoms with Gasteiger partial charge >= 0.3 is 0 Å². The van der Waals surface area contributed by atoms with Crippen molar-refractivity contribution < 1.29 is 4.57 Å². The highest BCUT2D eigenvalue weighted by Gasteiger charge is 2.16. The van der Waals surface area contributed by atoms with Crippen molar-refractivity contribution in [3.8, 4) is 0 Å². The Kier molecular flexibility index (Phi) is 7.21. The minimum Gasteiger partial charge on any atom is -0.234 e. The molecule has 0 bridgehead atoms. The number of hydrogen-bond donors (Lipinski definition) is 0. The molecule has 0 unspecified atom stereocenters. The van der Waals surface area contributed by atoms with E-state index in [0.29, 0.717) is 0 Å². The van der Waals surface area contributed by atoms with E-state index in [2.05, 4.69) is 65.7 Å². The number of rotatable bonds is 10. The molecule has 0 radical (unpaired) electrons. The first-order valence-electron chi connectivity index (χ1n) is 8.96. The van der Waals surface area contributed by atoms with Gasteiger partial charge in [-0.1, -0.05) is 62.9 Å². The molecule has 120 valence electrons. The molecule has 1 heterocycles. The smallest absolute Gasteiger partial charge is 0.234 e. The van der Waals surface area contributed by atoms with Crippen molar-refractivity contribution in [2.75, 3.05) is 0 Å². The third-order valence-corrected chi connectivity index (χ3v) is 4.39. The highest BCUT2D eigenvalue weighted by Crippen LogP contribution is 2.09. The monoisotopic (exact) mass is 299 g/mol. The fourth-order valence-electron chi connectivity index (χ4n) is 3.03. The van der Waals surface area contributed by atoms with Crippen LogP contribution >= 0.6 is 0 Å². The van der Waals surface area contributed by atoms with Gasteiger partial charge < -0.3 is 0 Å². The van der Waals surface area contributed by atoms with Crippen LogP contribution in [0.5, 0.6) is 0 Å². The Morgan fingerprint density at radius 3 is 2.36 bits per heavy atom. The van der Waals surface area contributed by atoms with E-state index in [-0.39, 0.29) is 0 Å². The van der Waals surface area contributed by atoms with E-state index in [4.69, 9.17) is 0 Å². The van der Waals surface area contributed by atoms with E-state index in [1.807, 2.05) is 0 Å². The fourth-order valence-corrected chi connectivity index (χ4v) is 3.03. The van der Waals surface area contributed by atoms with E-state index in [9.17, 15) is 0 Å². The van der Waals surface area contributed by atoms with Crippen LogP contribution in [-0.2, 0) is 19.5 Å². The molecule has 0 fully saturated rings. The Bertz CT molecular complexity index is 528. The second kappa shape index (κ2) is 9.45. The first-order valence-corrected chi connectivity index (χ1v) is 8.96. The minimum absolute atomic E-state index is 1.03. The lowest BCUT2D eigenvalue weighted by atomic mass is 10.1. The summed E-state index contributed by atoms with van der Waals surface area (Å²) in [4.78, 5) is 0. The van der Waals surface area contributed by atoms with Crippen molar-refractivity contribution in [2.24, 2.45) is 0 Å². The van der Waals surface area contributed by atoms with E-state index in [1.54, 1.807) is 0 Å². The average molecular weight is 299 g/mol. The van der Waals surface area contributed by atoms with Crippen LogP contribution in [0.1, 0.15) is 63.8 Å². The number of unbranched alkanes of at least 4 members (excludes halogenated alkanes) is 5. The van der Waals surface area contributed by atoms with Crippen molar-refractivity contribution in [3.05, 3.63) is 54.1 Å². The predicted octanol–water partition coefficient (Wildman–Crippen LogP) is 4.75. The van der Waals surface area contributed by atoms with Crippen molar-refractivity contribution >= 4 is 0 Å². The topological polar surface area (TPSA) is 8.81 Å². The Morgan fingerprint density at radius 1 is 0.909 bits per heavy atom. The van der Waals surface area contributed by atoms with Crippen LogP contribution in [0.3, 0.4) is 0 Å². The number of hydrogen-bond acceptors (Lipinski definition) is 0. The second-order valence-corrected chi connectivity index (χ2v) is 6.12. The Hall–Kier alpha value is -1.57. The zero-order valence-electron chi connectivity index (χ0n) is 14.3. The van der Waals surface area contributed by atoms with Crippen LogP contribution in [0.4, 0.5) is 0 Å². The van der Waals surface area contributed by atoms with Crippen LogP contribution < -0.4 is 4.57 Å². The molecule has 1 aromatic heterocycles. The molecule has 0 N–H and O–H groups in total. The first kappa shape index (κ1) is 16.8. The lowest BCUT2D eigenvalue weighted by Gasteiger charge is -2.05. The summed E-state index contributed by atoms with van der Waals surface area (Å²) < 4.78 is 4.83. The number of aryl methyl sites for hydroxylation is 2. The fraction of sp³-hybridized carbons (Fsp3) is 0.550. The molecular formula is C20H31N2+. The molecule has 1 aromatic carbocycles. The van der Waals surface area contributed by atoms with Gasteiger partial charge in [0.25, 0.3) is 5.82 Å². The molecule has 2 heteroatoms. The molecule has 0 amide bonds. The molecule has 0 saturated carbocycles. The predicted molar refractivity (Wildman–Crippen MR) is 92.9 cm³/mol. The van der Waals surface area contributed by atoms with Crippen molar-refractivity contribution in [2.45, 2.75) is 71.9 Å². The Balaban J connectivity index is 1.92. The summed E-state index contributed by atoms with van der Waals surface area (Å²) in [6.07, 6.45) is 13.7. The van der Waals surface area contributed by atoms with Gasteiger partial charge in [-0.05, 0) is 25.3 Å². The highest BCUT2D eigenvalue weighted by atomic mass is 15.1. The second-order valence-electron chi connectivity index (χ2n) is 6.12. The average Bonchev–Trinajstić information content (AvgIpc) is 2.94. The molecule has 0 saturated heterocycles. The third kappa shape index (κ3) is 5.01. The van der Waals surface area contributed by atoms with Crippen LogP contribution in [0.15, 0.2) is 42.7 Å². The molecule has 22 heavy (non-hydrogen) atoms. The molecule has 2 nitrogen and oxygen atoms in total. The van der Waals surface area contributed by atoms with Gasteiger partial charge in [0.1, 0.15) is 12.4 Å². The summed E-state index contributed by atoms with van der Waals surface area (Å²) in [5.41, 5.74) is 1.40. The lowest BCUT2D eigenvalue weighted by Crippen LogP contribution is -2.37. The summed E-state index contributed by atoms with van der Waals surface area (Å²) in [5.74, 6) is 1.43. The number of nitrogens with zero attached hydrogens (tertiary/aromatic N) is 2. The number of imidazole rings is 1. The Labute approximate surface area is 135 Å². The SMILES string of the molecule is CCCCCCCC[n+]1ccn(CC)c1Cc1ccccc1. The maximum Gasteiger partial charge on any atom is 0.260 e. The zero-order chi connectivity index (χ0) is 15.6. The zero-order valence-corrected chi connectivity index (χ0v) is 14.3. The van der Waals surface area contributed by atoms with Gasteiger partial charge in [-0.25, -0.2) is 9.13 Å². The maximum absolute atomic E-state index is 2.45. The summed E-state index contributed by atoms with van der Waals surface area (Å²) in [6.45, 7) is 6.70. The largest absolute Gasteiger partial charge is 0.260 e. The van der Waals surface area contributed by atoms with Gasteiger partial charge in [0, 0.05) is 0 Å². The van der Waals surface area contributed by atoms with Gasteiger partial charge in [-0.3, -0.25) is 0 Å². The van der Waals surface area contributed by atoms with Crippen LogP contribution in [0, 0.1) is 0 Å². The van der Waals surface area contributed by atoms with Gasteiger partial charge in [0.2, 0.25) is 0 Å².